The molecule has 3 nitrogen and oxygen atoms in total. The Kier molecular flexibility index (Phi) is 5.93. The van der Waals surface area contributed by atoms with Gasteiger partial charge >= 0.3 is 0 Å². The van der Waals surface area contributed by atoms with Crippen LogP contribution in [0.2, 0.25) is 38.3 Å². The average molecular weight is 246 g/mol. The van der Waals surface area contributed by atoms with Gasteiger partial charge in [0.05, 0.1) is 12.5 Å². The van der Waals surface area contributed by atoms with Crippen molar-refractivity contribution in [1.82, 2.24) is 0 Å². The second-order valence-electron chi connectivity index (χ2n) is 4.80. The fraction of sp³-hybridized carbons (Fsp3) is 0.600. The molecular formula is C10H22O3Si2. The number of rotatable bonds is 6. The summed E-state index contributed by atoms with van der Waals surface area (Å²) in [4.78, 5) is 0. The molecule has 0 amide bonds. The monoisotopic (exact) mass is 246 g/mol. The van der Waals surface area contributed by atoms with E-state index in [2.05, 4.69) is 26.2 Å². The fourth-order valence-electron chi connectivity index (χ4n) is 1.50. The number of allylic oxidation sites excluding steroid dienone is 2. The molecule has 0 fully saturated rings. The van der Waals surface area contributed by atoms with Gasteiger partial charge in [0, 0.05) is 0 Å². The molecule has 2 N–H and O–H groups in total. The van der Waals surface area contributed by atoms with Gasteiger partial charge in [-0.25, -0.2) is 0 Å². The quantitative estimate of drug-likeness (QED) is 0.556. The van der Waals surface area contributed by atoms with Crippen molar-refractivity contribution in [2.75, 3.05) is 0 Å². The van der Waals surface area contributed by atoms with Gasteiger partial charge in [-0.05, 0) is 38.3 Å². The molecule has 0 aliphatic carbocycles. The lowest BCUT2D eigenvalue weighted by Gasteiger charge is -2.32. The minimum atomic E-state index is -1.71. The van der Waals surface area contributed by atoms with Crippen molar-refractivity contribution in [2.45, 2.75) is 38.3 Å². The van der Waals surface area contributed by atoms with Gasteiger partial charge in [0.1, 0.15) is 0 Å². The molecule has 0 aromatic heterocycles. The molecule has 0 aromatic rings. The standard InChI is InChI=1S/C10H22O3Si2/c1-14(2,9-5-7-11)13-15(3,4)10-6-8-12/h5-8,11-12H,9-10H2,1-4H3. The van der Waals surface area contributed by atoms with E-state index in [-0.39, 0.29) is 0 Å². The molecule has 0 aliphatic rings. The summed E-state index contributed by atoms with van der Waals surface area (Å²) >= 11 is 0. The number of aliphatic hydroxyl groups excluding tert-OH is 2. The van der Waals surface area contributed by atoms with Crippen molar-refractivity contribution in [1.29, 1.82) is 0 Å². The molecule has 0 aromatic carbocycles. The van der Waals surface area contributed by atoms with E-state index in [1.807, 2.05) is 0 Å². The topological polar surface area (TPSA) is 49.7 Å². The van der Waals surface area contributed by atoms with Crippen LogP contribution in [0.1, 0.15) is 0 Å². The highest BCUT2D eigenvalue weighted by Gasteiger charge is 2.31. The molecule has 5 heteroatoms. The van der Waals surface area contributed by atoms with Crippen LogP contribution in [0.5, 0.6) is 0 Å². The first-order chi connectivity index (χ1) is 6.83. The van der Waals surface area contributed by atoms with E-state index < -0.39 is 16.6 Å². The van der Waals surface area contributed by atoms with E-state index in [0.717, 1.165) is 24.6 Å². The number of hydrogen-bond donors (Lipinski definition) is 2. The van der Waals surface area contributed by atoms with Gasteiger partial charge in [0.25, 0.3) is 0 Å². The third kappa shape index (κ3) is 7.41. The molecule has 0 heterocycles. The maximum Gasteiger partial charge on any atom is 0.177 e. The van der Waals surface area contributed by atoms with Crippen LogP contribution < -0.4 is 0 Å². The van der Waals surface area contributed by atoms with Crippen molar-refractivity contribution in [2.24, 2.45) is 0 Å². The predicted molar refractivity (Wildman–Crippen MR) is 69.2 cm³/mol. The van der Waals surface area contributed by atoms with E-state index in [9.17, 15) is 0 Å². The molecule has 88 valence electrons. The van der Waals surface area contributed by atoms with Gasteiger partial charge in [-0.2, -0.15) is 0 Å². The molecule has 15 heavy (non-hydrogen) atoms. The summed E-state index contributed by atoms with van der Waals surface area (Å²) in [7, 11) is -3.42. The first kappa shape index (κ1) is 14.5. The summed E-state index contributed by atoms with van der Waals surface area (Å²) in [5.41, 5.74) is 0. The second kappa shape index (κ2) is 6.14. The van der Waals surface area contributed by atoms with E-state index >= 15 is 0 Å². The van der Waals surface area contributed by atoms with Gasteiger partial charge in [-0.15, -0.1) is 0 Å². The Morgan fingerprint density at radius 2 is 1.20 bits per heavy atom. The van der Waals surface area contributed by atoms with Crippen LogP contribution in [0.25, 0.3) is 0 Å². The first-order valence-corrected chi connectivity index (χ1v) is 11.3. The minimum absolute atomic E-state index is 0.822. The molecule has 0 aliphatic heterocycles. The zero-order chi connectivity index (χ0) is 11.9. The largest absolute Gasteiger partial charge is 0.516 e. The van der Waals surface area contributed by atoms with Crippen LogP contribution in [-0.2, 0) is 4.12 Å². The molecule has 0 rings (SSSR count). The molecule has 0 saturated carbocycles. The van der Waals surface area contributed by atoms with Gasteiger partial charge < -0.3 is 14.3 Å². The molecular weight excluding hydrogens is 224 g/mol. The summed E-state index contributed by atoms with van der Waals surface area (Å²) in [6.45, 7) is 8.57. The van der Waals surface area contributed by atoms with Crippen molar-refractivity contribution in [3.63, 3.8) is 0 Å². The van der Waals surface area contributed by atoms with Gasteiger partial charge in [-0.3, -0.25) is 0 Å². The Morgan fingerprint density at radius 1 is 0.867 bits per heavy atom. The van der Waals surface area contributed by atoms with Gasteiger partial charge in [0.2, 0.25) is 0 Å². The van der Waals surface area contributed by atoms with Crippen molar-refractivity contribution in [3.05, 3.63) is 24.7 Å². The highest BCUT2D eigenvalue weighted by molar-refractivity contribution is 6.85. The third-order valence-electron chi connectivity index (χ3n) is 1.98. The maximum absolute atomic E-state index is 8.62. The van der Waals surface area contributed by atoms with Crippen LogP contribution in [-0.4, -0.2) is 26.8 Å². The van der Waals surface area contributed by atoms with E-state index in [0.29, 0.717) is 0 Å². The van der Waals surface area contributed by atoms with Crippen molar-refractivity contribution >= 4 is 16.6 Å². The van der Waals surface area contributed by atoms with Crippen molar-refractivity contribution < 1.29 is 14.3 Å². The normalized spacial score (nSPS) is 14.1. The van der Waals surface area contributed by atoms with Crippen LogP contribution >= 0.6 is 0 Å². The maximum atomic E-state index is 8.62. The van der Waals surface area contributed by atoms with E-state index in [1.54, 1.807) is 12.2 Å². The number of aliphatic hydroxyl groups is 2. The summed E-state index contributed by atoms with van der Waals surface area (Å²) in [6.07, 6.45) is 5.66. The summed E-state index contributed by atoms with van der Waals surface area (Å²) in [6, 6.07) is 1.64. The fourth-order valence-corrected chi connectivity index (χ4v) is 9.50. The Hall–Kier alpha value is -0.526. The Bertz CT molecular complexity index is 211. The zero-order valence-corrected chi connectivity index (χ0v) is 12.0. The average Bonchev–Trinajstić information content (AvgIpc) is 2.10. The Morgan fingerprint density at radius 3 is 1.47 bits per heavy atom. The SMILES string of the molecule is C[Si](C)(CC=CO)O[Si](C)(C)CC=CO. The van der Waals surface area contributed by atoms with E-state index in [4.69, 9.17) is 14.3 Å². The van der Waals surface area contributed by atoms with E-state index in [1.165, 1.54) is 0 Å². The first-order valence-electron chi connectivity index (χ1n) is 5.11. The highest BCUT2D eigenvalue weighted by Crippen LogP contribution is 2.21. The molecule has 0 spiro atoms. The predicted octanol–water partition coefficient (Wildman–Crippen LogP) is 3.56. The molecule has 0 atom stereocenters. The molecule has 0 saturated heterocycles. The Labute approximate surface area is 94.4 Å². The van der Waals surface area contributed by atoms with Crippen LogP contribution in [0.3, 0.4) is 0 Å². The molecule has 0 unspecified atom stereocenters. The van der Waals surface area contributed by atoms with Crippen LogP contribution in [0.15, 0.2) is 24.7 Å². The molecule has 0 bridgehead atoms. The second-order valence-corrected chi connectivity index (χ2v) is 13.5. The molecule has 0 radical (unpaired) electrons. The Balaban J connectivity index is 4.28. The van der Waals surface area contributed by atoms with Crippen LogP contribution in [0.4, 0.5) is 0 Å². The highest BCUT2D eigenvalue weighted by atomic mass is 28.4. The van der Waals surface area contributed by atoms with Crippen molar-refractivity contribution in [3.8, 4) is 0 Å². The lowest BCUT2D eigenvalue weighted by molar-refractivity contribution is 0.470. The summed E-state index contributed by atoms with van der Waals surface area (Å²) < 4.78 is 6.18. The zero-order valence-electron chi connectivity index (χ0n) is 10.0. The summed E-state index contributed by atoms with van der Waals surface area (Å²) in [5, 5.41) is 17.2. The lowest BCUT2D eigenvalue weighted by atomic mass is 10.7. The minimum Gasteiger partial charge on any atom is -0.516 e. The summed E-state index contributed by atoms with van der Waals surface area (Å²) in [5.74, 6) is 0. The van der Waals surface area contributed by atoms with Gasteiger partial charge in [0.15, 0.2) is 16.6 Å². The van der Waals surface area contributed by atoms with Gasteiger partial charge in [-0.1, -0.05) is 12.2 Å². The van der Waals surface area contributed by atoms with Crippen LogP contribution in [0, 0.1) is 0 Å². The smallest absolute Gasteiger partial charge is 0.177 e. The lowest BCUT2D eigenvalue weighted by Crippen LogP contribution is -2.43. The number of hydrogen-bond acceptors (Lipinski definition) is 3. The third-order valence-corrected chi connectivity index (χ3v) is 8.84.